The molecule has 180 valence electrons. The predicted octanol–water partition coefficient (Wildman–Crippen LogP) is 2.07. The van der Waals surface area contributed by atoms with Gasteiger partial charge in [-0.25, -0.2) is 0 Å². The van der Waals surface area contributed by atoms with Crippen LogP contribution < -0.4 is 15.2 Å². The second-order valence-corrected chi connectivity index (χ2v) is 10.4. The van der Waals surface area contributed by atoms with Gasteiger partial charge in [0.15, 0.2) is 0 Å². The third-order valence-corrected chi connectivity index (χ3v) is 8.09. The van der Waals surface area contributed by atoms with Crippen molar-refractivity contribution in [3.05, 3.63) is 45.8 Å². The van der Waals surface area contributed by atoms with Crippen molar-refractivity contribution in [2.45, 2.75) is 31.8 Å². The van der Waals surface area contributed by atoms with Gasteiger partial charge < -0.3 is 9.64 Å². The number of nitrogens with zero attached hydrogens (tertiary/aromatic N) is 5. The molecule has 1 aromatic carbocycles. The van der Waals surface area contributed by atoms with Crippen molar-refractivity contribution in [2.75, 3.05) is 45.2 Å². The molecule has 1 aliphatic heterocycles. The van der Waals surface area contributed by atoms with Gasteiger partial charge in [-0.2, -0.15) is 22.5 Å². The number of piperazine rings is 1. The molecule has 0 amide bonds. The molecule has 33 heavy (non-hydrogen) atoms. The van der Waals surface area contributed by atoms with Gasteiger partial charge in [-0.1, -0.05) is 22.1 Å². The number of hydrogen-bond donors (Lipinski definition) is 0. The molecule has 0 unspecified atom stereocenters. The highest BCUT2D eigenvalue weighted by Crippen LogP contribution is 2.30. The predicted molar refractivity (Wildman–Crippen MR) is 125 cm³/mol. The average molecular weight is 498 g/mol. The van der Waals surface area contributed by atoms with Crippen LogP contribution in [-0.2, 0) is 15.0 Å². The Morgan fingerprint density at radius 1 is 1.15 bits per heavy atom. The molecule has 2 heterocycles. The molecule has 0 atom stereocenters. The first-order valence-corrected chi connectivity index (χ1v) is 12.7. The van der Waals surface area contributed by atoms with E-state index in [1.165, 1.54) is 23.1 Å². The van der Waals surface area contributed by atoms with Crippen molar-refractivity contribution in [3.63, 3.8) is 0 Å². The van der Waals surface area contributed by atoms with E-state index in [9.17, 15) is 13.2 Å². The minimum atomic E-state index is -3.71. The number of benzene rings is 1. The Morgan fingerprint density at radius 3 is 2.48 bits per heavy atom. The van der Waals surface area contributed by atoms with Gasteiger partial charge in [0.05, 0.1) is 25.1 Å². The molecule has 1 saturated heterocycles. The second kappa shape index (κ2) is 9.98. The standard InChI is InChI=1S/C21H28ClN5O5S/c1-24(31-2)33(29,30)26-12-10-25(11-13-26)19-15-23-27(17-7-5-6-16(22)14-17)21(28)20(19)32-18-8-3-4-9-18/h5-7,14-15,18H,3-4,8-13H2,1-2H3. The van der Waals surface area contributed by atoms with Crippen molar-refractivity contribution < 1.29 is 18.0 Å². The van der Waals surface area contributed by atoms with Gasteiger partial charge in [-0.3, -0.25) is 9.63 Å². The molecule has 1 aromatic heterocycles. The highest BCUT2D eigenvalue weighted by Gasteiger charge is 2.32. The fourth-order valence-corrected chi connectivity index (χ4v) is 5.47. The molecule has 0 bridgehead atoms. The van der Waals surface area contributed by atoms with Crippen LogP contribution in [0, 0.1) is 0 Å². The number of rotatable bonds is 7. The van der Waals surface area contributed by atoms with E-state index in [0.29, 0.717) is 29.5 Å². The van der Waals surface area contributed by atoms with Crippen molar-refractivity contribution in [3.8, 4) is 11.4 Å². The van der Waals surface area contributed by atoms with Crippen LogP contribution in [0.5, 0.6) is 5.75 Å². The summed E-state index contributed by atoms with van der Waals surface area (Å²) in [7, 11) is -1.05. The third-order valence-electron chi connectivity index (χ3n) is 6.04. The molecule has 4 rings (SSSR count). The molecule has 0 spiro atoms. The number of halogens is 1. The van der Waals surface area contributed by atoms with E-state index >= 15 is 0 Å². The summed E-state index contributed by atoms with van der Waals surface area (Å²) < 4.78 is 34.8. The van der Waals surface area contributed by atoms with Gasteiger partial charge in [0.2, 0.25) is 5.75 Å². The van der Waals surface area contributed by atoms with E-state index in [1.54, 1.807) is 30.5 Å². The zero-order valence-electron chi connectivity index (χ0n) is 18.7. The first-order valence-electron chi connectivity index (χ1n) is 10.9. The van der Waals surface area contributed by atoms with Crippen molar-refractivity contribution in [1.82, 2.24) is 18.6 Å². The van der Waals surface area contributed by atoms with Gasteiger partial charge in [0, 0.05) is 38.2 Å². The van der Waals surface area contributed by atoms with E-state index < -0.39 is 10.2 Å². The average Bonchev–Trinajstić information content (AvgIpc) is 3.33. The van der Waals surface area contributed by atoms with Crippen LogP contribution in [0.4, 0.5) is 5.69 Å². The van der Waals surface area contributed by atoms with Gasteiger partial charge in [0.25, 0.3) is 0 Å². The van der Waals surface area contributed by atoms with E-state index in [-0.39, 0.29) is 30.5 Å². The molecule has 0 radical (unpaired) electrons. The Kier molecular flexibility index (Phi) is 7.25. The molecule has 2 aliphatic rings. The molecular weight excluding hydrogens is 470 g/mol. The maximum absolute atomic E-state index is 13.5. The molecular formula is C21H28ClN5O5S. The minimum absolute atomic E-state index is 0.0244. The largest absolute Gasteiger partial charge is 0.483 e. The van der Waals surface area contributed by atoms with Gasteiger partial charge >= 0.3 is 15.8 Å². The molecule has 12 heteroatoms. The Hall–Kier alpha value is -2.18. The van der Waals surface area contributed by atoms with Crippen LogP contribution in [0.1, 0.15) is 25.7 Å². The Bertz CT molecular complexity index is 1140. The van der Waals surface area contributed by atoms with Crippen molar-refractivity contribution in [1.29, 1.82) is 0 Å². The lowest BCUT2D eigenvalue weighted by atomic mass is 10.2. The van der Waals surface area contributed by atoms with Crippen LogP contribution >= 0.6 is 11.6 Å². The zero-order valence-corrected chi connectivity index (χ0v) is 20.3. The fourth-order valence-electron chi connectivity index (χ4n) is 4.15. The quantitative estimate of drug-likeness (QED) is 0.540. The van der Waals surface area contributed by atoms with Crippen LogP contribution in [0.3, 0.4) is 0 Å². The SMILES string of the molecule is CON(C)S(=O)(=O)N1CCN(c2cnn(-c3cccc(Cl)c3)c(=O)c2OC2CCCC2)CC1. The second-order valence-electron chi connectivity index (χ2n) is 8.07. The van der Waals surface area contributed by atoms with Gasteiger partial charge in [-0.15, -0.1) is 0 Å². The first kappa shape index (κ1) is 24.0. The topological polar surface area (TPSA) is 97.2 Å². The van der Waals surface area contributed by atoms with Gasteiger partial charge in [0.1, 0.15) is 5.69 Å². The molecule has 2 aromatic rings. The van der Waals surface area contributed by atoms with Gasteiger partial charge in [-0.05, 0) is 43.9 Å². The first-order chi connectivity index (χ1) is 15.8. The summed E-state index contributed by atoms with van der Waals surface area (Å²) in [5, 5.41) is 4.87. The number of aromatic nitrogens is 2. The summed E-state index contributed by atoms with van der Waals surface area (Å²) >= 11 is 6.11. The maximum atomic E-state index is 13.5. The lowest BCUT2D eigenvalue weighted by Crippen LogP contribution is -2.52. The van der Waals surface area contributed by atoms with Crippen molar-refractivity contribution >= 4 is 27.5 Å². The lowest BCUT2D eigenvalue weighted by Gasteiger charge is -2.36. The summed E-state index contributed by atoms with van der Waals surface area (Å²) in [6.45, 7) is 1.27. The summed E-state index contributed by atoms with van der Waals surface area (Å²) in [4.78, 5) is 20.3. The number of hydrogen-bond acceptors (Lipinski definition) is 7. The Balaban J connectivity index is 1.64. The highest BCUT2D eigenvalue weighted by atomic mass is 35.5. The van der Waals surface area contributed by atoms with E-state index in [0.717, 1.165) is 30.2 Å². The fraction of sp³-hybridized carbons (Fsp3) is 0.524. The number of ether oxygens (including phenoxy) is 1. The molecule has 10 nitrogen and oxygen atoms in total. The number of hydroxylamine groups is 1. The highest BCUT2D eigenvalue weighted by molar-refractivity contribution is 7.86. The van der Waals surface area contributed by atoms with Crippen LogP contribution in [-0.4, -0.2) is 73.4 Å². The van der Waals surface area contributed by atoms with E-state index in [4.69, 9.17) is 21.2 Å². The minimum Gasteiger partial charge on any atom is -0.483 e. The third kappa shape index (κ3) is 5.02. The maximum Gasteiger partial charge on any atom is 0.316 e. The summed E-state index contributed by atoms with van der Waals surface area (Å²) in [5.41, 5.74) is 0.756. The summed E-state index contributed by atoms with van der Waals surface area (Å²) in [6, 6.07) is 6.92. The van der Waals surface area contributed by atoms with E-state index in [2.05, 4.69) is 5.10 Å². The van der Waals surface area contributed by atoms with Crippen LogP contribution in [0.15, 0.2) is 35.3 Å². The van der Waals surface area contributed by atoms with E-state index in [1.807, 2.05) is 4.90 Å². The molecule has 2 fully saturated rings. The van der Waals surface area contributed by atoms with Crippen LogP contribution in [0.25, 0.3) is 5.69 Å². The Morgan fingerprint density at radius 2 is 1.85 bits per heavy atom. The monoisotopic (exact) mass is 497 g/mol. The zero-order chi connectivity index (χ0) is 23.6. The molecule has 1 aliphatic carbocycles. The number of anilines is 1. The lowest BCUT2D eigenvalue weighted by molar-refractivity contribution is -0.0318. The summed E-state index contributed by atoms with van der Waals surface area (Å²) in [5.74, 6) is 0.238. The smallest absolute Gasteiger partial charge is 0.316 e. The summed E-state index contributed by atoms with van der Waals surface area (Å²) in [6.07, 6.45) is 5.51. The van der Waals surface area contributed by atoms with Crippen molar-refractivity contribution in [2.24, 2.45) is 0 Å². The molecule has 1 saturated carbocycles. The normalized spacial score (nSPS) is 18.2. The molecule has 0 N–H and O–H groups in total. The Labute approximate surface area is 198 Å². The van der Waals surface area contributed by atoms with Crippen LogP contribution in [0.2, 0.25) is 5.02 Å².